The molecule has 3 aliphatic carbocycles. The third kappa shape index (κ3) is 3.87. The van der Waals surface area contributed by atoms with Gasteiger partial charge in [-0.25, -0.2) is 0 Å². The lowest BCUT2D eigenvalue weighted by atomic mass is 9.81. The summed E-state index contributed by atoms with van der Waals surface area (Å²) < 4.78 is 7.85. The van der Waals surface area contributed by atoms with Crippen LogP contribution in [0.5, 0.6) is 0 Å². The van der Waals surface area contributed by atoms with Gasteiger partial charge in [-0.05, 0) is 111 Å². The van der Waals surface area contributed by atoms with Gasteiger partial charge in [-0.1, -0.05) is 66.8 Å². The van der Waals surface area contributed by atoms with E-state index in [1.54, 1.807) is 0 Å². The van der Waals surface area contributed by atoms with Crippen LogP contribution in [0.2, 0.25) is 0 Å². The molecule has 4 aromatic carbocycles. The van der Waals surface area contributed by atoms with Crippen LogP contribution < -0.4 is 0 Å². The van der Waals surface area contributed by atoms with Crippen molar-refractivity contribution in [1.82, 2.24) is 9.13 Å². The van der Waals surface area contributed by atoms with Gasteiger partial charge in [0, 0.05) is 59.3 Å². The van der Waals surface area contributed by atoms with E-state index in [0.717, 1.165) is 38.5 Å². The Labute approximate surface area is 267 Å². The molecular weight excluding hydrogens is 565 g/mol. The summed E-state index contributed by atoms with van der Waals surface area (Å²) in [5.41, 5.74) is 12.8. The second kappa shape index (κ2) is 9.95. The van der Waals surface area contributed by atoms with E-state index in [9.17, 15) is 0 Å². The van der Waals surface area contributed by atoms with E-state index in [1.165, 1.54) is 87.9 Å². The Morgan fingerprint density at radius 1 is 0.622 bits per heavy atom. The van der Waals surface area contributed by atoms with Gasteiger partial charge < -0.3 is 9.13 Å². The van der Waals surface area contributed by atoms with Crippen LogP contribution in [0.15, 0.2) is 109 Å². The van der Waals surface area contributed by atoms with Gasteiger partial charge in [0.15, 0.2) is 0 Å². The molecule has 3 aromatic heterocycles. The fourth-order valence-corrected chi connectivity index (χ4v) is 9.58. The number of hydrogen-bond donors (Lipinski definition) is 0. The Morgan fingerprint density at radius 2 is 1.47 bits per heavy atom. The highest BCUT2D eigenvalue weighted by atomic mass is 32.1. The zero-order valence-electron chi connectivity index (χ0n) is 25.3. The molecule has 0 radical (unpaired) electrons. The number of para-hydroxylation sites is 1. The quantitative estimate of drug-likeness (QED) is 0.191. The van der Waals surface area contributed by atoms with E-state index in [4.69, 9.17) is 0 Å². The smallest absolute Gasteiger partial charge is 0.0537 e. The number of allylic oxidation sites excluding steroid dienone is 5. The van der Waals surface area contributed by atoms with Gasteiger partial charge in [-0.15, -0.1) is 11.3 Å². The molecule has 1 unspecified atom stereocenters. The SMILES string of the molecule is C1=CC(n2c3c(c4cc(C5CCc6c(c7ccccc7n6-c6ccc7sc8ccccc8c7c6)C5)ccc42)C=CCC3)=CCC1. The zero-order chi connectivity index (χ0) is 29.5. The average molecular weight is 599 g/mol. The minimum absolute atomic E-state index is 0.518. The number of nitrogens with zero attached hydrogens (tertiary/aromatic N) is 2. The van der Waals surface area contributed by atoms with Gasteiger partial charge in [0.25, 0.3) is 0 Å². The summed E-state index contributed by atoms with van der Waals surface area (Å²) >= 11 is 1.90. The summed E-state index contributed by atoms with van der Waals surface area (Å²) in [6.45, 7) is 0. The molecule has 1 atom stereocenters. The fourth-order valence-electron chi connectivity index (χ4n) is 8.50. The van der Waals surface area contributed by atoms with E-state index in [0.29, 0.717) is 5.92 Å². The lowest BCUT2D eigenvalue weighted by molar-refractivity contribution is 0.576. The summed E-state index contributed by atoms with van der Waals surface area (Å²) in [6, 6.07) is 32.4. The lowest BCUT2D eigenvalue weighted by Gasteiger charge is -2.25. The topological polar surface area (TPSA) is 9.86 Å². The number of thiophene rings is 1. The number of rotatable bonds is 3. The predicted octanol–water partition coefficient (Wildman–Crippen LogP) is 11.4. The maximum atomic E-state index is 2.57. The summed E-state index contributed by atoms with van der Waals surface area (Å²) in [4.78, 5) is 0. The molecule has 2 nitrogen and oxygen atoms in total. The molecule has 0 amide bonds. The largest absolute Gasteiger partial charge is 0.313 e. The van der Waals surface area contributed by atoms with E-state index in [2.05, 4.69) is 124 Å². The molecule has 0 saturated heterocycles. The Bertz CT molecular complexity index is 2420. The summed E-state index contributed by atoms with van der Waals surface area (Å²) in [7, 11) is 0. The third-order valence-electron chi connectivity index (χ3n) is 10.6. The van der Waals surface area contributed by atoms with Gasteiger partial charge in [-0.3, -0.25) is 0 Å². The minimum atomic E-state index is 0.518. The van der Waals surface area contributed by atoms with Crippen LogP contribution in [0.4, 0.5) is 0 Å². The molecular formula is C42H34N2S. The molecule has 3 heterocycles. The van der Waals surface area contributed by atoms with Crippen LogP contribution in [-0.4, -0.2) is 9.13 Å². The number of hydrogen-bond acceptors (Lipinski definition) is 1. The van der Waals surface area contributed by atoms with E-state index < -0.39 is 0 Å². The molecule has 0 aliphatic heterocycles. The van der Waals surface area contributed by atoms with Gasteiger partial charge in [-0.2, -0.15) is 0 Å². The van der Waals surface area contributed by atoms with E-state index in [-0.39, 0.29) is 0 Å². The first-order valence-electron chi connectivity index (χ1n) is 16.6. The highest BCUT2D eigenvalue weighted by molar-refractivity contribution is 7.25. The highest BCUT2D eigenvalue weighted by Crippen LogP contribution is 2.43. The van der Waals surface area contributed by atoms with Crippen molar-refractivity contribution in [1.29, 1.82) is 0 Å². The Balaban J connectivity index is 1.08. The molecule has 45 heavy (non-hydrogen) atoms. The summed E-state index contributed by atoms with van der Waals surface area (Å²) in [5, 5.41) is 5.56. The molecule has 0 fully saturated rings. The van der Waals surface area contributed by atoms with Crippen LogP contribution >= 0.6 is 11.3 Å². The van der Waals surface area contributed by atoms with Crippen molar-refractivity contribution < 1.29 is 0 Å². The molecule has 0 saturated carbocycles. The normalized spacial score (nSPS) is 17.8. The van der Waals surface area contributed by atoms with E-state index >= 15 is 0 Å². The van der Waals surface area contributed by atoms with E-state index in [1.807, 2.05) is 11.3 Å². The highest BCUT2D eigenvalue weighted by Gasteiger charge is 2.28. The maximum absolute atomic E-state index is 2.57. The first-order chi connectivity index (χ1) is 22.3. The van der Waals surface area contributed by atoms with Crippen LogP contribution in [0.3, 0.4) is 0 Å². The maximum Gasteiger partial charge on any atom is 0.0537 e. The molecule has 3 aliphatic rings. The van der Waals surface area contributed by atoms with Crippen molar-refractivity contribution in [2.45, 2.75) is 50.9 Å². The number of aromatic nitrogens is 2. The number of benzene rings is 4. The lowest BCUT2D eigenvalue weighted by Crippen LogP contribution is -2.14. The molecule has 218 valence electrons. The first-order valence-corrected chi connectivity index (χ1v) is 17.4. The summed E-state index contributed by atoms with van der Waals surface area (Å²) in [5.74, 6) is 0.518. The standard InChI is InChI=1S/C42H34N2S/c1-2-10-29(11-3-1)43-37-15-7-4-12-31(37)34-24-27(18-21-39(34)43)28-19-22-40-35(25-28)32-13-5-8-16-38(32)44(40)30-20-23-42-36(26-30)33-14-6-9-17-41(33)45-42/h2,4-6,8-14,16-18,20-21,23-24,26,28H,1,3,7,15,19,22,25H2. The third-order valence-corrected chi connectivity index (χ3v) is 11.7. The number of fused-ring (bicyclic) bond motifs is 9. The van der Waals surface area contributed by atoms with Crippen molar-refractivity contribution in [3.63, 3.8) is 0 Å². The Kier molecular flexibility index (Phi) is 5.68. The van der Waals surface area contributed by atoms with Gasteiger partial charge in [0.2, 0.25) is 0 Å². The average Bonchev–Trinajstić information content (AvgIpc) is 3.75. The molecule has 0 N–H and O–H groups in total. The molecule has 0 spiro atoms. The van der Waals surface area contributed by atoms with Crippen molar-refractivity contribution >= 4 is 65.1 Å². The molecule has 7 aromatic rings. The predicted molar refractivity (Wildman–Crippen MR) is 193 cm³/mol. The second-order valence-corrected chi connectivity index (χ2v) is 14.1. The second-order valence-electron chi connectivity index (χ2n) is 13.0. The van der Waals surface area contributed by atoms with Crippen LogP contribution in [0.25, 0.3) is 59.4 Å². The molecule has 10 rings (SSSR count). The van der Waals surface area contributed by atoms with Crippen molar-refractivity contribution in [3.8, 4) is 5.69 Å². The molecule has 3 heteroatoms. The summed E-state index contributed by atoms with van der Waals surface area (Å²) in [6.07, 6.45) is 19.7. The Hall–Kier alpha value is -4.60. The van der Waals surface area contributed by atoms with Gasteiger partial charge in [0.05, 0.1) is 11.0 Å². The van der Waals surface area contributed by atoms with Gasteiger partial charge in [0.1, 0.15) is 0 Å². The Morgan fingerprint density at radius 3 is 2.40 bits per heavy atom. The first kappa shape index (κ1) is 25.7. The van der Waals surface area contributed by atoms with Crippen LogP contribution in [0, 0.1) is 0 Å². The fraction of sp³-hybridized carbons (Fsp3) is 0.190. The minimum Gasteiger partial charge on any atom is -0.313 e. The van der Waals surface area contributed by atoms with Crippen molar-refractivity contribution in [2.24, 2.45) is 0 Å². The van der Waals surface area contributed by atoms with Gasteiger partial charge >= 0.3 is 0 Å². The van der Waals surface area contributed by atoms with Crippen molar-refractivity contribution in [2.75, 3.05) is 0 Å². The monoisotopic (exact) mass is 598 g/mol. The molecule has 0 bridgehead atoms. The zero-order valence-corrected chi connectivity index (χ0v) is 26.1. The van der Waals surface area contributed by atoms with Crippen LogP contribution in [0.1, 0.15) is 59.7 Å². The van der Waals surface area contributed by atoms with Crippen molar-refractivity contribution in [3.05, 3.63) is 137 Å². The van der Waals surface area contributed by atoms with Crippen LogP contribution in [-0.2, 0) is 19.3 Å².